The van der Waals surface area contributed by atoms with Gasteiger partial charge in [0.05, 0.1) is 12.2 Å². The van der Waals surface area contributed by atoms with Gasteiger partial charge in [-0.25, -0.2) is 9.18 Å². The number of aryl methyl sites for hydroxylation is 1. The van der Waals surface area contributed by atoms with Crippen molar-refractivity contribution < 1.29 is 23.0 Å². The Morgan fingerprint density at radius 2 is 1.42 bits per heavy atom. The number of rotatable bonds is 14. The minimum atomic E-state index is -1.12. The molecule has 0 aliphatic rings. The van der Waals surface area contributed by atoms with E-state index in [-0.39, 0.29) is 5.56 Å². The van der Waals surface area contributed by atoms with Crippen LogP contribution in [-0.2, 0) is 6.42 Å². The highest BCUT2D eigenvalue weighted by molar-refractivity contribution is 5.91. The molecule has 2 rings (SSSR count). The van der Waals surface area contributed by atoms with Crippen LogP contribution in [0.15, 0.2) is 36.4 Å². The molecule has 5 heteroatoms. The second-order valence-corrected chi connectivity index (χ2v) is 7.84. The normalized spacial score (nSPS) is 10.8. The maximum atomic E-state index is 14.4. The van der Waals surface area contributed by atoms with E-state index in [1.807, 2.05) is 6.92 Å². The van der Waals surface area contributed by atoms with Crippen molar-refractivity contribution in [3.63, 3.8) is 0 Å². The van der Waals surface area contributed by atoms with E-state index in [9.17, 15) is 13.6 Å². The number of carbonyl (C=O) groups excluding carboxylic acids is 1. The van der Waals surface area contributed by atoms with Gasteiger partial charge >= 0.3 is 5.97 Å². The Bertz CT molecular complexity index is 803. The standard InChI is InChI=1S/C26H34F2O3/c1-3-5-6-7-8-9-10-11-12-20-15-18-23(25(28)24(20)27)31-26(29)21-13-16-22(17-14-21)30-19-4-2/h13-18H,3-12,19H2,1-2H3. The van der Waals surface area contributed by atoms with E-state index in [4.69, 9.17) is 9.47 Å². The van der Waals surface area contributed by atoms with E-state index < -0.39 is 23.4 Å². The molecule has 0 saturated heterocycles. The Hall–Kier alpha value is -2.43. The molecule has 0 heterocycles. The van der Waals surface area contributed by atoms with E-state index in [0.29, 0.717) is 24.3 Å². The number of ether oxygens (including phenoxy) is 2. The van der Waals surface area contributed by atoms with Crippen molar-refractivity contribution in [2.75, 3.05) is 6.61 Å². The summed E-state index contributed by atoms with van der Waals surface area (Å²) in [5.41, 5.74) is 0.562. The second kappa shape index (κ2) is 13.8. The summed E-state index contributed by atoms with van der Waals surface area (Å²) >= 11 is 0. The molecule has 0 saturated carbocycles. The molecule has 0 atom stereocenters. The number of carbonyl (C=O) groups is 1. The lowest BCUT2D eigenvalue weighted by molar-refractivity contribution is 0.0726. The van der Waals surface area contributed by atoms with Gasteiger partial charge in [0, 0.05) is 0 Å². The van der Waals surface area contributed by atoms with Crippen molar-refractivity contribution in [3.8, 4) is 11.5 Å². The molecular formula is C26H34F2O3. The van der Waals surface area contributed by atoms with Crippen LogP contribution in [0.25, 0.3) is 0 Å². The molecule has 0 amide bonds. The van der Waals surface area contributed by atoms with Gasteiger partial charge in [-0.05, 0) is 55.2 Å². The smallest absolute Gasteiger partial charge is 0.343 e. The predicted octanol–water partition coefficient (Wildman–Crippen LogP) is 7.66. The zero-order valence-electron chi connectivity index (χ0n) is 18.7. The lowest BCUT2D eigenvalue weighted by atomic mass is 10.0. The van der Waals surface area contributed by atoms with Crippen LogP contribution in [0.2, 0.25) is 0 Å². The van der Waals surface area contributed by atoms with Gasteiger partial charge in [-0.2, -0.15) is 4.39 Å². The third kappa shape index (κ3) is 8.31. The fraction of sp³-hybridized carbons (Fsp3) is 0.500. The van der Waals surface area contributed by atoms with E-state index >= 15 is 0 Å². The summed E-state index contributed by atoms with van der Waals surface area (Å²) in [5.74, 6) is -2.55. The molecule has 0 N–H and O–H groups in total. The highest BCUT2D eigenvalue weighted by Gasteiger charge is 2.18. The average Bonchev–Trinajstić information content (AvgIpc) is 2.78. The fourth-order valence-corrected chi connectivity index (χ4v) is 3.36. The molecule has 3 nitrogen and oxygen atoms in total. The van der Waals surface area contributed by atoms with Crippen molar-refractivity contribution in [3.05, 3.63) is 59.2 Å². The monoisotopic (exact) mass is 432 g/mol. The van der Waals surface area contributed by atoms with Crippen molar-refractivity contribution >= 4 is 5.97 Å². The predicted molar refractivity (Wildman–Crippen MR) is 120 cm³/mol. The minimum Gasteiger partial charge on any atom is -0.494 e. The van der Waals surface area contributed by atoms with Gasteiger partial charge in [0.1, 0.15) is 5.75 Å². The van der Waals surface area contributed by atoms with Crippen molar-refractivity contribution in [2.24, 2.45) is 0 Å². The van der Waals surface area contributed by atoms with Gasteiger partial charge in [-0.1, -0.05) is 64.9 Å². The first-order chi connectivity index (χ1) is 15.1. The summed E-state index contributed by atoms with van der Waals surface area (Å²) in [6.45, 7) is 4.78. The maximum absolute atomic E-state index is 14.4. The zero-order chi connectivity index (χ0) is 22.5. The van der Waals surface area contributed by atoms with Crippen LogP contribution in [0.4, 0.5) is 8.78 Å². The summed E-state index contributed by atoms with van der Waals surface area (Å²) < 4.78 is 39.4. The van der Waals surface area contributed by atoms with Gasteiger partial charge in [0.15, 0.2) is 11.6 Å². The molecule has 0 unspecified atom stereocenters. The van der Waals surface area contributed by atoms with Crippen molar-refractivity contribution in [2.45, 2.75) is 78.1 Å². The first-order valence-electron chi connectivity index (χ1n) is 11.5. The highest BCUT2D eigenvalue weighted by atomic mass is 19.2. The average molecular weight is 433 g/mol. The summed E-state index contributed by atoms with van der Waals surface area (Å²) in [4.78, 5) is 12.3. The molecule has 2 aromatic carbocycles. The summed E-state index contributed by atoms with van der Waals surface area (Å²) in [6.07, 6.45) is 10.5. The van der Waals surface area contributed by atoms with Crippen LogP contribution in [0.5, 0.6) is 11.5 Å². The van der Waals surface area contributed by atoms with Crippen LogP contribution >= 0.6 is 0 Å². The molecule has 0 aliphatic heterocycles. The number of hydrogen-bond donors (Lipinski definition) is 0. The summed E-state index contributed by atoms with van der Waals surface area (Å²) in [7, 11) is 0. The maximum Gasteiger partial charge on any atom is 0.343 e. The molecular weight excluding hydrogens is 398 g/mol. The molecule has 0 fully saturated rings. The van der Waals surface area contributed by atoms with Crippen LogP contribution < -0.4 is 9.47 Å². The molecule has 0 spiro atoms. The molecule has 0 aliphatic carbocycles. The molecule has 2 aromatic rings. The highest BCUT2D eigenvalue weighted by Crippen LogP contribution is 2.25. The van der Waals surface area contributed by atoms with Gasteiger partial charge in [-0.15, -0.1) is 0 Å². The molecule has 0 aromatic heterocycles. The molecule has 31 heavy (non-hydrogen) atoms. The number of benzene rings is 2. The number of unbranched alkanes of at least 4 members (excludes halogenated alkanes) is 7. The van der Waals surface area contributed by atoms with E-state index in [0.717, 1.165) is 25.7 Å². The minimum absolute atomic E-state index is 0.242. The summed E-state index contributed by atoms with van der Waals surface area (Å²) in [6, 6.07) is 9.21. The number of halogens is 2. The van der Waals surface area contributed by atoms with E-state index in [1.54, 1.807) is 12.1 Å². The van der Waals surface area contributed by atoms with Gasteiger partial charge in [-0.3, -0.25) is 0 Å². The first-order valence-corrected chi connectivity index (χ1v) is 11.5. The quantitative estimate of drug-likeness (QED) is 0.175. The topological polar surface area (TPSA) is 35.5 Å². The van der Waals surface area contributed by atoms with E-state index in [2.05, 4.69) is 6.92 Å². The van der Waals surface area contributed by atoms with Crippen molar-refractivity contribution in [1.82, 2.24) is 0 Å². The van der Waals surface area contributed by atoms with E-state index in [1.165, 1.54) is 56.4 Å². The van der Waals surface area contributed by atoms with Gasteiger partial charge < -0.3 is 9.47 Å². The third-order valence-electron chi connectivity index (χ3n) is 5.19. The summed E-state index contributed by atoms with van der Waals surface area (Å²) in [5, 5.41) is 0. The van der Waals surface area contributed by atoms with Crippen LogP contribution in [-0.4, -0.2) is 12.6 Å². The van der Waals surface area contributed by atoms with Crippen LogP contribution in [0.3, 0.4) is 0 Å². The molecule has 0 radical (unpaired) electrons. The fourth-order valence-electron chi connectivity index (χ4n) is 3.36. The second-order valence-electron chi connectivity index (χ2n) is 7.84. The Morgan fingerprint density at radius 3 is 2.06 bits per heavy atom. The Kier molecular flexibility index (Phi) is 11.0. The first kappa shape index (κ1) is 24.8. The SMILES string of the molecule is CCCCCCCCCCc1ccc(OC(=O)c2ccc(OCCC)cc2)c(F)c1F. The Morgan fingerprint density at radius 1 is 0.774 bits per heavy atom. The Labute approximate surface area is 184 Å². The van der Waals surface area contributed by atoms with Gasteiger partial charge in [0.2, 0.25) is 5.82 Å². The molecule has 0 bridgehead atoms. The number of hydrogen-bond acceptors (Lipinski definition) is 3. The van der Waals surface area contributed by atoms with Crippen LogP contribution in [0, 0.1) is 11.6 Å². The Balaban J connectivity index is 1.85. The zero-order valence-corrected chi connectivity index (χ0v) is 18.7. The lowest BCUT2D eigenvalue weighted by Gasteiger charge is -2.10. The largest absolute Gasteiger partial charge is 0.494 e. The van der Waals surface area contributed by atoms with Crippen molar-refractivity contribution in [1.29, 1.82) is 0 Å². The third-order valence-corrected chi connectivity index (χ3v) is 5.19. The molecule has 170 valence electrons. The number of esters is 1. The van der Waals surface area contributed by atoms with Crippen LogP contribution in [0.1, 0.15) is 87.6 Å². The van der Waals surface area contributed by atoms with Gasteiger partial charge in [0.25, 0.3) is 0 Å². The lowest BCUT2D eigenvalue weighted by Crippen LogP contribution is -2.10.